The number of esters is 1. The molecule has 0 aliphatic heterocycles. The summed E-state index contributed by atoms with van der Waals surface area (Å²) in [4.78, 5) is 11.7. The largest absolute Gasteiger partial charge is 0.464 e. The van der Waals surface area contributed by atoms with Gasteiger partial charge in [-0.05, 0) is 37.6 Å². The second kappa shape index (κ2) is 7.33. The second-order valence-electron chi connectivity index (χ2n) is 3.74. The number of hydrogen-bond acceptors (Lipinski definition) is 3. The van der Waals surface area contributed by atoms with E-state index < -0.39 is 0 Å². The minimum Gasteiger partial charge on any atom is -0.464 e. The smallest absolute Gasteiger partial charge is 0.328 e. The Morgan fingerprint density at radius 3 is 2.53 bits per heavy atom. The van der Waals surface area contributed by atoms with Crippen LogP contribution in [0.15, 0.2) is 28.7 Å². The molecule has 1 rings (SSSR count). The molecule has 1 N–H and O–H groups in total. The number of nitrogens with one attached hydrogen (secondary N) is 1. The quantitative estimate of drug-likeness (QED) is 0.816. The number of carbonyl (C=O) groups is 1. The number of carbonyl (C=O) groups excluding carboxylic acids is 1. The van der Waals surface area contributed by atoms with Crippen LogP contribution < -0.4 is 5.32 Å². The zero-order chi connectivity index (χ0) is 12.7. The normalized spacial score (nSPS) is 11.9. The predicted molar refractivity (Wildman–Crippen MR) is 73.1 cm³/mol. The summed E-state index contributed by atoms with van der Waals surface area (Å²) in [6, 6.07) is 7.49. The minimum absolute atomic E-state index is 0.183. The van der Waals surface area contributed by atoms with Crippen LogP contribution in [-0.4, -0.2) is 18.6 Å². The molecule has 0 aromatic heterocycles. The molecule has 0 saturated carbocycles. The van der Waals surface area contributed by atoms with Gasteiger partial charge in [0, 0.05) is 10.2 Å². The van der Waals surface area contributed by atoms with Crippen LogP contribution >= 0.6 is 15.9 Å². The second-order valence-corrected chi connectivity index (χ2v) is 4.66. The van der Waals surface area contributed by atoms with E-state index in [4.69, 9.17) is 4.74 Å². The van der Waals surface area contributed by atoms with Crippen molar-refractivity contribution in [1.82, 2.24) is 0 Å². The summed E-state index contributed by atoms with van der Waals surface area (Å²) in [6.07, 6.45) is 1.71. The van der Waals surface area contributed by atoms with Crippen LogP contribution in [0.25, 0.3) is 0 Å². The first-order chi connectivity index (χ1) is 8.17. The van der Waals surface area contributed by atoms with Crippen molar-refractivity contribution in [1.29, 1.82) is 0 Å². The standard InChI is InChI=1S/C13H18BrNO2/c1-3-5-12(13(16)17-4-2)15-11-8-6-10(14)7-9-11/h6-9,12,15H,3-5H2,1-2H3. The lowest BCUT2D eigenvalue weighted by atomic mass is 10.1. The maximum Gasteiger partial charge on any atom is 0.328 e. The lowest BCUT2D eigenvalue weighted by Gasteiger charge is -2.17. The Bertz CT molecular complexity index is 351. The molecule has 0 amide bonds. The third-order valence-corrected chi connectivity index (χ3v) is 2.86. The summed E-state index contributed by atoms with van der Waals surface area (Å²) < 4.78 is 6.06. The van der Waals surface area contributed by atoms with Crippen LogP contribution in [0.1, 0.15) is 26.7 Å². The number of anilines is 1. The van der Waals surface area contributed by atoms with Crippen molar-refractivity contribution in [3.8, 4) is 0 Å². The first kappa shape index (κ1) is 14.0. The van der Waals surface area contributed by atoms with Gasteiger partial charge in [-0.25, -0.2) is 4.79 Å². The van der Waals surface area contributed by atoms with Crippen molar-refractivity contribution in [3.05, 3.63) is 28.7 Å². The van der Waals surface area contributed by atoms with Gasteiger partial charge in [-0.1, -0.05) is 29.3 Å². The number of benzene rings is 1. The van der Waals surface area contributed by atoms with Gasteiger partial charge in [-0.3, -0.25) is 0 Å². The fraction of sp³-hybridized carbons (Fsp3) is 0.462. The molecule has 1 aromatic carbocycles. The van der Waals surface area contributed by atoms with Gasteiger partial charge in [0.15, 0.2) is 0 Å². The van der Waals surface area contributed by atoms with Gasteiger partial charge in [0.2, 0.25) is 0 Å². The highest BCUT2D eigenvalue weighted by molar-refractivity contribution is 9.10. The Kier molecular flexibility index (Phi) is 6.05. The van der Waals surface area contributed by atoms with Crippen molar-refractivity contribution in [2.45, 2.75) is 32.7 Å². The molecule has 0 spiro atoms. The highest BCUT2D eigenvalue weighted by Gasteiger charge is 2.18. The molecule has 0 heterocycles. The van der Waals surface area contributed by atoms with Crippen molar-refractivity contribution in [2.75, 3.05) is 11.9 Å². The van der Waals surface area contributed by atoms with Crippen LogP contribution in [0.2, 0.25) is 0 Å². The molecule has 94 valence electrons. The predicted octanol–water partition coefficient (Wildman–Crippen LogP) is 3.59. The number of ether oxygens (including phenoxy) is 1. The van der Waals surface area contributed by atoms with E-state index in [1.165, 1.54) is 0 Å². The molecule has 0 bridgehead atoms. The summed E-state index contributed by atoms with van der Waals surface area (Å²) in [5.74, 6) is -0.183. The van der Waals surface area contributed by atoms with Crippen molar-refractivity contribution >= 4 is 27.6 Å². The zero-order valence-corrected chi connectivity index (χ0v) is 11.8. The summed E-state index contributed by atoms with van der Waals surface area (Å²) in [5.41, 5.74) is 0.930. The van der Waals surface area contributed by atoms with Crippen molar-refractivity contribution < 1.29 is 9.53 Å². The summed E-state index contributed by atoms with van der Waals surface area (Å²) in [5, 5.41) is 3.20. The molecule has 4 heteroatoms. The Labute approximate surface area is 111 Å². The van der Waals surface area contributed by atoms with Crippen LogP contribution in [0.4, 0.5) is 5.69 Å². The third-order valence-electron chi connectivity index (χ3n) is 2.33. The highest BCUT2D eigenvalue weighted by Crippen LogP contribution is 2.16. The van der Waals surface area contributed by atoms with Crippen molar-refractivity contribution in [2.24, 2.45) is 0 Å². The van der Waals surface area contributed by atoms with Crippen LogP contribution in [0, 0.1) is 0 Å². The summed E-state index contributed by atoms with van der Waals surface area (Å²) >= 11 is 3.38. The van der Waals surface area contributed by atoms with Gasteiger partial charge < -0.3 is 10.1 Å². The molecule has 1 atom stereocenters. The van der Waals surface area contributed by atoms with Crippen LogP contribution in [0.3, 0.4) is 0 Å². The van der Waals surface area contributed by atoms with Crippen molar-refractivity contribution in [3.63, 3.8) is 0 Å². The first-order valence-electron chi connectivity index (χ1n) is 5.86. The van der Waals surface area contributed by atoms with Crippen LogP contribution in [-0.2, 0) is 9.53 Å². The molecule has 1 aromatic rings. The third kappa shape index (κ3) is 4.77. The highest BCUT2D eigenvalue weighted by atomic mass is 79.9. The maximum absolute atomic E-state index is 11.7. The molecule has 17 heavy (non-hydrogen) atoms. The monoisotopic (exact) mass is 299 g/mol. The molecular weight excluding hydrogens is 282 g/mol. The van der Waals surface area contributed by atoms with E-state index in [2.05, 4.69) is 28.2 Å². The fourth-order valence-electron chi connectivity index (χ4n) is 1.53. The summed E-state index contributed by atoms with van der Waals surface area (Å²) in [7, 11) is 0. The van der Waals surface area contributed by atoms with Gasteiger partial charge in [0.25, 0.3) is 0 Å². The van der Waals surface area contributed by atoms with E-state index in [0.717, 1.165) is 23.0 Å². The number of hydrogen-bond donors (Lipinski definition) is 1. The Morgan fingerprint density at radius 1 is 1.35 bits per heavy atom. The van der Waals surface area contributed by atoms with Crippen LogP contribution in [0.5, 0.6) is 0 Å². The molecule has 0 aliphatic rings. The molecule has 0 saturated heterocycles. The van der Waals surface area contributed by atoms with Gasteiger partial charge in [-0.15, -0.1) is 0 Å². The Hall–Kier alpha value is -1.03. The van der Waals surface area contributed by atoms with E-state index in [1.807, 2.05) is 31.2 Å². The number of rotatable bonds is 6. The number of halogens is 1. The SMILES string of the molecule is CCCC(Nc1ccc(Br)cc1)C(=O)OCC. The Balaban J connectivity index is 2.65. The molecule has 0 radical (unpaired) electrons. The molecule has 1 unspecified atom stereocenters. The summed E-state index contributed by atoms with van der Waals surface area (Å²) in [6.45, 7) is 4.29. The minimum atomic E-state index is -0.263. The molecule has 0 fully saturated rings. The average Bonchev–Trinajstić information content (AvgIpc) is 2.31. The molecule has 3 nitrogen and oxygen atoms in total. The maximum atomic E-state index is 11.7. The van der Waals surface area contributed by atoms with E-state index in [9.17, 15) is 4.79 Å². The van der Waals surface area contributed by atoms with E-state index in [0.29, 0.717) is 6.61 Å². The lowest BCUT2D eigenvalue weighted by Crippen LogP contribution is -2.31. The fourth-order valence-corrected chi connectivity index (χ4v) is 1.79. The topological polar surface area (TPSA) is 38.3 Å². The zero-order valence-electron chi connectivity index (χ0n) is 10.2. The van der Waals surface area contributed by atoms with E-state index in [1.54, 1.807) is 0 Å². The van der Waals surface area contributed by atoms with Gasteiger partial charge >= 0.3 is 5.97 Å². The lowest BCUT2D eigenvalue weighted by molar-refractivity contribution is -0.144. The molecule has 0 aliphatic carbocycles. The first-order valence-corrected chi connectivity index (χ1v) is 6.65. The van der Waals surface area contributed by atoms with E-state index in [-0.39, 0.29) is 12.0 Å². The van der Waals surface area contributed by atoms with Gasteiger partial charge in [-0.2, -0.15) is 0 Å². The van der Waals surface area contributed by atoms with Gasteiger partial charge in [0.1, 0.15) is 6.04 Å². The van der Waals surface area contributed by atoms with Gasteiger partial charge in [0.05, 0.1) is 6.61 Å². The average molecular weight is 300 g/mol. The molecular formula is C13H18BrNO2. The Morgan fingerprint density at radius 2 is 2.00 bits per heavy atom. The van der Waals surface area contributed by atoms with E-state index >= 15 is 0 Å².